The molecule has 2 aromatic carbocycles. The van der Waals surface area contributed by atoms with E-state index >= 15 is 0 Å². The first-order valence-corrected chi connectivity index (χ1v) is 7.01. The Morgan fingerprint density at radius 3 is 2.12 bits per heavy atom. The van der Waals surface area contributed by atoms with Crippen molar-refractivity contribution in [2.75, 3.05) is 0 Å². The Kier molecular flexibility index (Phi) is 4.32. The minimum absolute atomic E-state index is 0.614. The van der Waals surface area contributed by atoms with Crippen LogP contribution in [-0.2, 0) is 5.75 Å². The first-order chi connectivity index (χ1) is 8.25. The second-order valence-corrected chi connectivity index (χ2v) is 5.55. The molecular weight excluding hydrogens is 223 g/mol. The van der Waals surface area contributed by atoms with Crippen molar-refractivity contribution in [2.45, 2.75) is 24.3 Å². The summed E-state index contributed by atoms with van der Waals surface area (Å²) in [6.45, 7) is 5.07. The summed E-state index contributed by atoms with van der Waals surface area (Å²) in [6.07, 6.45) is 0. The van der Waals surface area contributed by atoms with Gasteiger partial charge in [-0.05, 0) is 17.7 Å². The fourth-order valence-electron chi connectivity index (χ4n) is 1.69. The molecule has 86 valence electrons. The Labute approximate surface area is 109 Å². The fraction of sp³-hybridized carbons (Fsp3) is 0.200. The van der Waals surface area contributed by atoms with Gasteiger partial charge in [0, 0.05) is 10.6 Å². The van der Waals surface area contributed by atoms with E-state index < -0.39 is 0 Å². The number of rotatable bonds is 4. The lowest BCUT2D eigenvalue weighted by atomic mass is 9.49. The second-order valence-electron chi connectivity index (χ2n) is 4.50. The van der Waals surface area contributed by atoms with Crippen molar-refractivity contribution >= 4 is 23.9 Å². The molecule has 0 saturated heterocycles. The smallest absolute Gasteiger partial charge is 0.121 e. The standard InChI is InChI=1S/C15H17BS/c1-16(2)14-8-10-15(11-9-14)17-12-13-6-4-3-5-7-13/h3-11H,12H2,1-2H3. The van der Waals surface area contributed by atoms with Gasteiger partial charge in [0.2, 0.25) is 0 Å². The van der Waals surface area contributed by atoms with Gasteiger partial charge in [0.05, 0.1) is 0 Å². The van der Waals surface area contributed by atoms with E-state index in [2.05, 4.69) is 68.2 Å². The molecular formula is C15H17BS. The topological polar surface area (TPSA) is 0 Å². The normalized spacial score (nSPS) is 10.2. The Balaban J connectivity index is 1.96. The lowest BCUT2D eigenvalue weighted by Crippen LogP contribution is -2.21. The van der Waals surface area contributed by atoms with E-state index in [0.717, 1.165) is 5.75 Å². The third-order valence-corrected chi connectivity index (χ3v) is 3.88. The van der Waals surface area contributed by atoms with Crippen molar-refractivity contribution in [1.82, 2.24) is 0 Å². The minimum atomic E-state index is 0.614. The predicted molar refractivity (Wildman–Crippen MR) is 79.6 cm³/mol. The maximum absolute atomic E-state index is 2.23. The highest BCUT2D eigenvalue weighted by atomic mass is 32.2. The lowest BCUT2D eigenvalue weighted by molar-refractivity contribution is 1.39. The highest BCUT2D eigenvalue weighted by Crippen LogP contribution is 2.21. The van der Waals surface area contributed by atoms with Crippen molar-refractivity contribution in [2.24, 2.45) is 0 Å². The summed E-state index contributed by atoms with van der Waals surface area (Å²) in [4.78, 5) is 1.35. The van der Waals surface area contributed by atoms with E-state index in [1.165, 1.54) is 15.9 Å². The summed E-state index contributed by atoms with van der Waals surface area (Å²) in [7, 11) is 0. The van der Waals surface area contributed by atoms with Gasteiger partial charge in [0.25, 0.3) is 0 Å². The van der Waals surface area contributed by atoms with E-state index in [4.69, 9.17) is 0 Å². The molecule has 0 heterocycles. The van der Waals surface area contributed by atoms with Gasteiger partial charge in [0.15, 0.2) is 6.71 Å². The van der Waals surface area contributed by atoms with Gasteiger partial charge in [0.1, 0.15) is 0 Å². The zero-order chi connectivity index (χ0) is 12.1. The van der Waals surface area contributed by atoms with Crippen molar-refractivity contribution in [1.29, 1.82) is 0 Å². The van der Waals surface area contributed by atoms with Gasteiger partial charge >= 0.3 is 0 Å². The van der Waals surface area contributed by atoms with Crippen molar-refractivity contribution in [3.63, 3.8) is 0 Å². The number of hydrogen-bond acceptors (Lipinski definition) is 1. The molecule has 0 nitrogen and oxygen atoms in total. The molecule has 0 aromatic heterocycles. The summed E-state index contributed by atoms with van der Waals surface area (Å²) in [6, 6.07) is 19.5. The molecule has 0 bridgehead atoms. The molecule has 0 aliphatic carbocycles. The van der Waals surface area contributed by atoms with Gasteiger partial charge in [-0.1, -0.05) is 61.6 Å². The lowest BCUT2D eigenvalue weighted by Gasteiger charge is -2.05. The second kappa shape index (κ2) is 5.97. The maximum atomic E-state index is 2.23. The molecule has 0 N–H and O–H groups in total. The van der Waals surface area contributed by atoms with E-state index in [1.54, 1.807) is 0 Å². The Morgan fingerprint density at radius 1 is 0.882 bits per heavy atom. The maximum Gasteiger partial charge on any atom is 0.169 e. The molecule has 0 unspecified atom stereocenters. The van der Waals surface area contributed by atoms with Crippen LogP contribution in [0, 0.1) is 0 Å². The minimum Gasteiger partial charge on any atom is -0.121 e. The van der Waals surface area contributed by atoms with Crippen LogP contribution < -0.4 is 5.46 Å². The molecule has 2 aromatic rings. The summed E-state index contributed by atoms with van der Waals surface area (Å²) in [5, 5.41) is 0. The Hall–Kier alpha value is -1.15. The van der Waals surface area contributed by atoms with Crippen LogP contribution in [0.5, 0.6) is 0 Å². The summed E-state index contributed by atoms with van der Waals surface area (Å²) in [5.41, 5.74) is 2.79. The zero-order valence-corrected chi connectivity index (χ0v) is 11.2. The molecule has 0 aliphatic heterocycles. The molecule has 17 heavy (non-hydrogen) atoms. The SMILES string of the molecule is CB(C)c1ccc(SCc2ccccc2)cc1. The van der Waals surface area contributed by atoms with Crippen LogP contribution in [0.25, 0.3) is 0 Å². The summed E-state index contributed by atoms with van der Waals surface area (Å²) < 4.78 is 0. The number of benzene rings is 2. The Bertz CT molecular complexity index is 448. The third kappa shape index (κ3) is 3.67. The van der Waals surface area contributed by atoms with E-state index in [-0.39, 0.29) is 0 Å². The van der Waals surface area contributed by atoms with Crippen LogP contribution in [0.2, 0.25) is 13.6 Å². The molecule has 2 rings (SSSR count). The van der Waals surface area contributed by atoms with Crippen molar-refractivity contribution in [3.8, 4) is 0 Å². The molecule has 0 radical (unpaired) electrons. The number of thioether (sulfide) groups is 1. The first kappa shape index (κ1) is 12.3. The highest BCUT2D eigenvalue weighted by molar-refractivity contribution is 7.98. The van der Waals surface area contributed by atoms with Crippen LogP contribution >= 0.6 is 11.8 Å². The average Bonchev–Trinajstić information content (AvgIpc) is 2.38. The van der Waals surface area contributed by atoms with Gasteiger partial charge in [-0.3, -0.25) is 0 Å². The van der Waals surface area contributed by atoms with Crippen LogP contribution in [0.15, 0.2) is 59.5 Å². The average molecular weight is 240 g/mol. The number of hydrogen-bond donors (Lipinski definition) is 0. The van der Waals surface area contributed by atoms with Crippen molar-refractivity contribution < 1.29 is 0 Å². The van der Waals surface area contributed by atoms with Crippen LogP contribution in [0.4, 0.5) is 0 Å². The Morgan fingerprint density at radius 2 is 1.53 bits per heavy atom. The summed E-state index contributed by atoms with van der Waals surface area (Å²) >= 11 is 1.89. The quantitative estimate of drug-likeness (QED) is 0.576. The molecule has 0 atom stereocenters. The van der Waals surface area contributed by atoms with Crippen LogP contribution in [0.1, 0.15) is 5.56 Å². The molecule has 0 saturated carbocycles. The van der Waals surface area contributed by atoms with Gasteiger partial charge in [-0.25, -0.2) is 0 Å². The van der Waals surface area contributed by atoms with E-state index in [9.17, 15) is 0 Å². The highest BCUT2D eigenvalue weighted by Gasteiger charge is 2.02. The summed E-state index contributed by atoms with van der Waals surface area (Å²) in [5.74, 6) is 1.04. The van der Waals surface area contributed by atoms with Crippen LogP contribution in [-0.4, -0.2) is 6.71 Å². The third-order valence-electron chi connectivity index (χ3n) is 2.80. The zero-order valence-electron chi connectivity index (χ0n) is 10.4. The van der Waals surface area contributed by atoms with Gasteiger partial charge in [-0.15, -0.1) is 11.8 Å². The van der Waals surface area contributed by atoms with Crippen LogP contribution in [0.3, 0.4) is 0 Å². The van der Waals surface area contributed by atoms with Gasteiger partial charge in [-0.2, -0.15) is 0 Å². The molecule has 0 spiro atoms. The van der Waals surface area contributed by atoms with Gasteiger partial charge < -0.3 is 0 Å². The molecule has 0 fully saturated rings. The predicted octanol–water partition coefficient (Wildman–Crippen LogP) is 3.94. The molecule has 0 aliphatic rings. The van der Waals surface area contributed by atoms with E-state index in [1.807, 2.05) is 11.8 Å². The first-order valence-electron chi connectivity index (χ1n) is 6.02. The van der Waals surface area contributed by atoms with Crippen molar-refractivity contribution in [3.05, 3.63) is 60.2 Å². The molecule has 0 amide bonds. The monoisotopic (exact) mass is 240 g/mol. The molecule has 2 heteroatoms. The fourth-order valence-corrected chi connectivity index (χ4v) is 2.54. The van der Waals surface area contributed by atoms with E-state index in [0.29, 0.717) is 6.71 Å². The largest absolute Gasteiger partial charge is 0.169 e.